The first-order valence-corrected chi connectivity index (χ1v) is 6.88. The predicted octanol–water partition coefficient (Wildman–Crippen LogP) is 1.40. The lowest BCUT2D eigenvalue weighted by Crippen LogP contribution is -2.48. The van der Waals surface area contributed by atoms with Gasteiger partial charge in [-0.25, -0.2) is 0 Å². The molecule has 0 bridgehead atoms. The summed E-state index contributed by atoms with van der Waals surface area (Å²) in [4.78, 5) is 26.0. The van der Waals surface area contributed by atoms with E-state index in [0.29, 0.717) is 13.1 Å². The molecule has 0 aromatic heterocycles. The number of likely N-dealkylation sites (N-methyl/N-ethyl adjacent to an activating group) is 1. The lowest BCUT2D eigenvalue weighted by atomic mass is 10.3. The molecule has 1 amide bonds. The number of nitro benzene ring substituents is 1. The Hall–Kier alpha value is -1.86. The molecule has 1 aliphatic heterocycles. The molecular weight excluding hydrogens is 298 g/mol. The Bertz CT molecular complexity index is 544. The normalized spacial score (nSPS) is 15.8. The molecule has 1 aromatic carbocycles. The van der Waals surface area contributed by atoms with Crippen molar-refractivity contribution >= 4 is 23.2 Å². The zero-order valence-electron chi connectivity index (χ0n) is 11.6. The number of ether oxygens (including phenoxy) is 1. The van der Waals surface area contributed by atoms with Crippen LogP contribution in [0.5, 0.6) is 5.75 Å². The molecule has 8 heteroatoms. The van der Waals surface area contributed by atoms with Crippen LogP contribution in [0.3, 0.4) is 0 Å². The highest BCUT2D eigenvalue weighted by atomic mass is 35.5. The van der Waals surface area contributed by atoms with Crippen molar-refractivity contribution in [1.29, 1.82) is 0 Å². The Morgan fingerprint density at radius 2 is 2.05 bits per heavy atom. The van der Waals surface area contributed by atoms with Crippen LogP contribution in [0.25, 0.3) is 0 Å². The molecular formula is C13H16ClN3O4. The van der Waals surface area contributed by atoms with Gasteiger partial charge in [-0.15, -0.1) is 0 Å². The molecule has 1 aliphatic rings. The molecule has 114 valence electrons. The number of rotatable bonds is 4. The first-order chi connectivity index (χ1) is 9.97. The van der Waals surface area contributed by atoms with Gasteiger partial charge in [-0.05, 0) is 13.1 Å². The van der Waals surface area contributed by atoms with Crippen LogP contribution in [-0.4, -0.2) is 60.5 Å². The second kappa shape index (κ2) is 6.73. The molecule has 1 aromatic rings. The molecule has 2 rings (SSSR count). The fourth-order valence-electron chi connectivity index (χ4n) is 2.00. The highest BCUT2D eigenvalue weighted by Gasteiger charge is 2.20. The van der Waals surface area contributed by atoms with Crippen molar-refractivity contribution in [3.05, 3.63) is 33.3 Å². The maximum Gasteiger partial charge on any atom is 0.273 e. The van der Waals surface area contributed by atoms with E-state index in [4.69, 9.17) is 16.3 Å². The largest absolute Gasteiger partial charge is 0.482 e. The second-order valence-electron chi connectivity index (χ2n) is 4.84. The van der Waals surface area contributed by atoms with Gasteiger partial charge in [-0.3, -0.25) is 14.9 Å². The zero-order valence-corrected chi connectivity index (χ0v) is 12.4. The van der Waals surface area contributed by atoms with Gasteiger partial charge in [0.1, 0.15) is 5.75 Å². The number of amides is 1. The van der Waals surface area contributed by atoms with E-state index < -0.39 is 4.92 Å². The quantitative estimate of drug-likeness (QED) is 0.620. The Morgan fingerprint density at radius 1 is 1.38 bits per heavy atom. The van der Waals surface area contributed by atoms with Crippen molar-refractivity contribution in [2.75, 3.05) is 39.8 Å². The summed E-state index contributed by atoms with van der Waals surface area (Å²) in [7, 11) is 2.00. The number of halogens is 1. The van der Waals surface area contributed by atoms with E-state index in [1.54, 1.807) is 4.90 Å². The van der Waals surface area contributed by atoms with Crippen molar-refractivity contribution in [2.45, 2.75) is 0 Å². The number of hydrogen-bond acceptors (Lipinski definition) is 5. The average molecular weight is 314 g/mol. The molecule has 0 unspecified atom stereocenters. The van der Waals surface area contributed by atoms with Crippen molar-refractivity contribution in [1.82, 2.24) is 9.80 Å². The van der Waals surface area contributed by atoms with Gasteiger partial charge in [0.15, 0.2) is 6.61 Å². The molecule has 0 atom stereocenters. The summed E-state index contributed by atoms with van der Waals surface area (Å²) in [6.07, 6.45) is 0. The number of non-ortho nitro benzene ring substituents is 1. The van der Waals surface area contributed by atoms with Crippen LogP contribution in [0.4, 0.5) is 5.69 Å². The molecule has 0 N–H and O–H groups in total. The van der Waals surface area contributed by atoms with Gasteiger partial charge in [0.05, 0.1) is 16.0 Å². The second-order valence-corrected chi connectivity index (χ2v) is 5.25. The third kappa shape index (κ3) is 4.05. The van der Waals surface area contributed by atoms with Crippen LogP contribution in [0.2, 0.25) is 5.02 Å². The minimum Gasteiger partial charge on any atom is -0.482 e. The average Bonchev–Trinajstić information content (AvgIpc) is 2.46. The Morgan fingerprint density at radius 3 is 2.67 bits per heavy atom. The van der Waals surface area contributed by atoms with Crippen LogP contribution < -0.4 is 4.74 Å². The first-order valence-electron chi connectivity index (χ1n) is 6.50. The number of nitrogens with zero attached hydrogens (tertiary/aromatic N) is 3. The number of nitro groups is 1. The molecule has 0 saturated carbocycles. The van der Waals surface area contributed by atoms with Gasteiger partial charge in [0.2, 0.25) is 0 Å². The van der Waals surface area contributed by atoms with E-state index in [1.165, 1.54) is 18.2 Å². The standard InChI is InChI=1S/C13H16ClN3O4/c1-15-4-6-16(7-5-15)13(18)9-21-12-8-10(17(19)20)2-3-11(12)14/h2-3,8H,4-7,9H2,1H3. The third-order valence-corrected chi connectivity index (χ3v) is 3.64. The Kier molecular flexibility index (Phi) is 4.98. The molecule has 1 saturated heterocycles. The molecule has 0 spiro atoms. The van der Waals surface area contributed by atoms with E-state index in [1.807, 2.05) is 7.05 Å². The van der Waals surface area contributed by atoms with Gasteiger partial charge in [0.25, 0.3) is 11.6 Å². The molecule has 21 heavy (non-hydrogen) atoms. The van der Waals surface area contributed by atoms with Crippen LogP contribution in [-0.2, 0) is 4.79 Å². The van der Waals surface area contributed by atoms with E-state index in [-0.39, 0.29) is 29.0 Å². The smallest absolute Gasteiger partial charge is 0.273 e. The SMILES string of the molecule is CN1CCN(C(=O)COc2cc([N+](=O)[O-])ccc2Cl)CC1. The minimum absolute atomic E-state index is 0.124. The topological polar surface area (TPSA) is 75.9 Å². The van der Waals surface area contributed by atoms with Crippen LogP contribution in [0.15, 0.2) is 18.2 Å². The third-order valence-electron chi connectivity index (χ3n) is 3.33. The number of carbonyl (C=O) groups is 1. The summed E-state index contributed by atoms with van der Waals surface area (Å²) in [5, 5.41) is 11.0. The van der Waals surface area contributed by atoms with E-state index in [2.05, 4.69) is 4.90 Å². The molecule has 7 nitrogen and oxygen atoms in total. The van der Waals surface area contributed by atoms with Crippen molar-refractivity contribution in [3.63, 3.8) is 0 Å². The van der Waals surface area contributed by atoms with Crippen molar-refractivity contribution in [2.24, 2.45) is 0 Å². The van der Waals surface area contributed by atoms with Crippen molar-refractivity contribution < 1.29 is 14.5 Å². The summed E-state index contributed by atoms with van der Waals surface area (Å²) < 4.78 is 5.33. The van der Waals surface area contributed by atoms with Crippen LogP contribution in [0.1, 0.15) is 0 Å². The lowest BCUT2D eigenvalue weighted by Gasteiger charge is -2.32. The minimum atomic E-state index is -0.536. The summed E-state index contributed by atoms with van der Waals surface area (Å²) >= 11 is 5.91. The fraction of sp³-hybridized carbons (Fsp3) is 0.462. The Balaban J connectivity index is 1.94. The highest BCUT2D eigenvalue weighted by Crippen LogP contribution is 2.28. The highest BCUT2D eigenvalue weighted by molar-refractivity contribution is 6.32. The van der Waals surface area contributed by atoms with Crippen molar-refractivity contribution in [3.8, 4) is 5.75 Å². The Labute approximate surface area is 127 Å². The fourth-order valence-corrected chi connectivity index (χ4v) is 2.17. The van der Waals surface area contributed by atoms with Gasteiger partial charge < -0.3 is 14.5 Å². The van der Waals surface area contributed by atoms with Gasteiger partial charge in [-0.2, -0.15) is 0 Å². The number of hydrogen-bond donors (Lipinski definition) is 0. The summed E-state index contributed by atoms with van der Waals surface area (Å²) in [6, 6.07) is 3.90. The van der Waals surface area contributed by atoms with E-state index >= 15 is 0 Å². The molecule has 1 heterocycles. The maximum atomic E-state index is 12.0. The van der Waals surface area contributed by atoms with Crippen LogP contribution >= 0.6 is 11.6 Å². The van der Waals surface area contributed by atoms with Gasteiger partial charge in [0, 0.05) is 32.2 Å². The molecule has 0 aliphatic carbocycles. The van der Waals surface area contributed by atoms with E-state index in [0.717, 1.165) is 13.1 Å². The van der Waals surface area contributed by atoms with Gasteiger partial charge in [-0.1, -0.05) is 11.6 Å². The van der Waals surface area contributed by atoms with E-state index in [9.17, 15) is 14.9 Å². The molecule has 0 radical (unpaired) electrons. The van der Waals surface area contributed by atoms with Gasteiger partial charge >= 0.3 is 0 Å². The number of piperazine rings is 1. The monoisotopic (exact) mass is 313 g/mol. The first kappa shape index (κ1) is 15.5. The lowest BCUT2D eigenvalue weighted by molar-refractivity contribution is -0.384. The molecule has 1 fully saturated rings. The number of benzene rings is 1. The summed E-state index contributed by atoms with van der Waals surface area (Å²) in [5.41, 5.74) is -0.124. The van der Waals surface area contributed by atoms with Crippen LogP contribution in [0, 0.1) is 10.1 Å². The number of carbonyl (C=O) groups excluding carboxylic acids is 1. The summed E-state index contributed by atoms with van der Waals surface area (Å²) in [5.74, 6) is -0.000910. The maximum absolute atomic E-state index is 12.0. The zero-order chi connectivity index (χ0) is 15.4. The summed E-state index contributed by atoms with van der Waals surface area (Å²) in [6.45, 7) is 2.78. The predicted molar refractivity (Wildman–Crippen MR) is 77.7 cm³/mol.